The Kier molecular flexibility index (Phi) is 3.98. The van der Waals surface area contributed by atoms with Crippen molar-refractivity contribution in [2.45, 2.75) is 12.3 Å². The summed E-state index contributed by atoms with van der Waals surface area (Å²) in [5.41, 5.74) is 5.78. The van der Waals surface area contributed by atoms with Gasteiger partial charge in [0.1, 0.15) is 5.75 Å². The molecular formula is C20H19N3O2. The third-order valence-electron chi connectivity index (χ3n) is 4.65. The molecule has 5 heteroatoms. The molecule has 1 fully saturated rings. The number of carbonyl (C=O) groups excluding carboxylic acids is 1. The van der Waals surface area contributed by atoms with E-state index in [1.165, 1.54) is 5.56 Å². The summed E-state index contributed by atoms with van der Waals surface area (Å²) in [6, 6.07) is 15.9. The molecule has 25 heavy (non-hydrogen) atoms. The number of rotatable bonds is 5. The molecule has 0 spiro atoms. The van der Waals surface area contributed by atoms with Gasteiger partial charge in [-0.3, -0.25) is 4.79 Å². The van der Waals surface area contributed by atoms with Crippen molar-refractivity contribution in [3.8, 4) is 5.75 Å². The number of H-pyrrole nitrogens is 1. The highest BCUT2D eigenvalue weighted by molar-refractivity contribution is 5.99. The van der Waals surface area contributed by atoms with E-state index in [1.54, 1.807) is 13.3 Å². The summed E-state index contributed by atoms with van der Waals surface area (Å²) < 4.78 is 5.21. The maximum atomic E-state index is 12.2. The van der Waals surface area contributed by atoms with Crippen LogP contribution in [0.1, 0.15) is 23.5 Å². The molecule has 2 N–H and O–H groups in total. The zero-order chi connectivity index (χ0) is 17.2. The number of carbonyl (C=O) groups is 1. The lowest BCUT2D eigenvalue weighted by molar-refractivity contribution is -0.122. The Balaban J connectivity index is 1.39. The van der Waals surface area contributed by atoms with Gasteiger partial charge in [-0.2, -0.15) is 5.10 Å². The number of ether oxygens (including phenoxy) is 1. The third-order valence-corrected chi connectivity index (χ3v) is 4.65. The van der Waals surface area contributed by atoms with Crippen LogP contribution in [-0.4, -0.2) is 24.2 Å². The Bertz CT molecular complexity index is 931. The van der Waals surface area contributed by atoms with Gasteiger partial charge in [-0.25, -0.2) is 5.43 Å². The molecule has 1 amide bonds. The molecule has 2 aromatic carbocycles. The second kappa shape index (κ2) is 6.43. The fourth-order valence-corrected chi connectivity index (χ4v) is 3.16. The first-order valence-corrected chi connectivity index (χ1v) is 8.29. The van der Waals surface area contributed by atoms with Crippen LogP contribution in [0.2, 0.25) is 0 Å². The van der Waals surface area contributed by atoms with E-state index in [1.807, 2.05) is 42.6 Å². The molecule has 1 saturated carbocycles. The van der Waals surface area contributed by atoms with E-state index in [-0.39, 0.29) is 11.8 Å². The fourth-order valence-electron chi connectivity index (χ4n) is 3.16. The zero-order valence-electron chi connectivity index (χ0n) is 13.9. The molecule has 1 heterocycles. The van der Waals surface area contributed by atoms with Crippen molar-refractivity contribution in [3.05, 3.63) is 65.9 Å². The van der Waals surface area contributed by atoms with Gasteiger partial charge in [0.25, 0.3) is 0 Å². The molecule has 126 valence electrons. The molecule has 1 aliphatic rings. The molecule has 0 saturated heterocycles. The highest BCUT2D eigenvalue weighted by atomic mass is 16.5. The largest absolute Gasteiger partial charge is 0.497 e. The molecule has 5 nitrogen and oxygen atoms in total. The lowest BCUT2D eigenvalue weighted by Crippen LogP contribution is -2.20. The summed E-state index contributed by atoms with van der Waals surface area (Å²) in [4.78, 5) is 15.4. The summed E-state index contributed by atoms with van der Waals surface area (Å²) in [7, 11) is 1.64. The summed E-state index contributed by atoms with van der Waals surface area (Å²) in [6.45, 7) is 0. The van der Waals surface area contributed by atoms with Crippen LogP contribution in [0.4, 0.5) is 0 Å². The Morgan fingerprint density at radius 3 is 2.92 bits per heavy atom. The standard InChI is InChI=1S/C20H19N3O2/c1-25-15-7-8-16-14(11-21-19(16)9-15)12-22-23-20(24)18-10-17(18)13-5-3-2-4-6-13/h2-9,11-12,17-18,21H,10H2,1H3,(H,23,24)/b22-12+. The molecule has 4 rings (SSSR count). The van der Waals surface area contributed by atoms with E-state index < -0.39 is 0 Å². The van der Waals surface area contributed by atoms with Crippen LogP contribution < -0.4 is 10.2 Å². The van der Waals surface area contributed by atoms with E-state index in [0.717, 1.165) is 28.6 Å². The number of aromatic amines is 1. The number of methoxy groups -OCH3 is 1. The monoisotopic (exact) mass is 333 g/mol. The van der Waals surface area contributed by atoms with Crippen LogP contribution in [0.25, 0.3) is 10.9 Å². The molecule has 1 aliphatic carbocycles. The smallest absolute Gasteiger partial charge is 0.243 e. The van der Waals surface area contributed by atoms with Gasteiger partial charge in [-0.15, -0.1) is 0 Å². The highest BCUT2D eigenvalue weighted by Crippen LogP contribution is 2.47. The molecule has 2 unspecified atom stereocenters. The fraction of sp³-hybridized carbons (Fsp3) is 0.200. The lowest BCUT2D eigenvalue weighted by atomic mass is 10.1. The van der Waals surface area contributed by atoms with E-state index >= 15 is 0 Å². The molecular weight excluding hydrogens is 314 g/mol. The summed E-state index contributed by atoms with van der Waals surface area (Å²) in [5.74, 6) is 1.11. The van der Waals surface area contributed by atoms with Gasteiger partial charge >= 0.3 is 0 Å². The number of nitrogens with one attached hydrogen (secondary N) is 2. The maximum Gasteiger partial charge on any atom is 0.243 e. The van der Waals surface area contributed by atoms with Gasteiger partial charge in [0.15, 0.2) is 0 Å². The predicted octanol–water partition coefficient (Wildman–Crippen LogP) is 3.43. The van der Waals surface area contributed by atoms with Gasteiger partial charge in [0.2, 0.25) is 5.91 Å². The number of benzene rings is 2. The van der Waals surface area contributed by atoms with Crippen LogP contribution >= 0.6 is 0 Å². The normalized spacial score (nSPS) is 19.2. The van der Waals surface area contributed by atoms with Gasteiger partial charge < -0.3 is 9.72 Å². The molecule has 0 aliphatic heterocycles. The van der Waals surface area contributed by atoms with E-state index in [4.69, 9.17) is 4.74 Å². The second-order valence-electron chi connectivity index (χ2n) is 6.25. The minimum Gasteiger partial charge on any atom is -0.497 e. The van der Waals surface area contributed by atoms with Crippen molar-refractivity contribution in [2.75, 3.05) is 7.11 Å². The molecule has 0 radical (unpaired) electrons. The topological polar surface area (TPSA) is 66.5 Å². The number of nitrogens with zero attached hydrogens (tertiary/aromatic N) is 1. The Morgan fingerprint density at radius 2 is 2.12 bits per heavy atom. The molecule has 2 atom stereocenters. The van der Waals surface area contributed by atoms with Crippen molar-refractivity contribution >= 4 is 23.0 Å². The van der Waals surface area contributed by atoms with Gasteiger partial charge in [-0.1, -0.05) is 30.3 Å². The number of hydrogen-bond donors (Lipinski definition) is 2. The van der Waals surface area contributed by atoms with Crippen molar-refractivity contribution < 1.29 is 9.53 Å². The van der Waals surface area contributed by atoms with Crippen molar-refractivity contribution in [1.82, 2.24) is 10.4 Å². The average Bonchev–Trinajstić information content (AvgIpc) is 3.37. The SMILES string of the molecule is COc1ccc2c(/C=N/NC(=O)C3CC3c3ccccc3)c[nH]c2c1. The Labute approximate surface area is 145 Å². The van der Waals surface area contributed by atoms with E-state index in [2.05, 4.69) is 27.6 Å². The second-order valence-corrected chi connectivity index (χ2v) is 6.25. The highest BCUT2D eigenvalue weighted by Gasteiger charge is 2.43. The van der Waals surface area contributed by atoms with Gasteiger partial charge in [-0.05, 0) is 30.0 Å². The molecule has 3 aromatic rings. The van der Waals surface area contributed by atoms with Crippen LogP contribution in [0.15, 0.2) is 59.8 Å². The minimum atomic E-state index is -0.0217. The molecule has 1 aromatic heterocycles. The van der Waals surface area contributed by atoms with Gasteiger partial charge in [0.05, 0.1) is 13.3 Å². The van der Waals surface area contributed by atoms with Crippen LogP contribution in [0.5, 0.6) is 5.75 Å². The minimum absolute atomic E-state index is 0.0202. The quantitative estimate of drug-likeness (QED) is 0.555. The number of aromatic nitrogens is 1. The number of fused-ring (bicyclic) bond motifs is 1. The third kappa shape index (κ3) is 3.13. The number of hydrogen-bond acceptors (Lipinski definition) is 3. The summed E-state index contributed by atoms with van der Waals surface area (Å²) >= 11 is 0. The Morgan fingerprint density at radius 1 is 1.28 bits per heavy atom. The van der Waals surface area contributed by atoms with Crippen molar-refractivity contribution in [1.29, 1.82) is 0 Å². The predicted molar refractivity (Wildman–Crippen MR) is 97.9 cm³/mol. The Hall–Kier alpha value is -3.08. The van der Waals surface area contributed by atoms with E-state index in [0.29, 0.717) is 5.92 Å². The van der Waals surface area contributed by atoms with Crippen molar-refractivity contribution in [3.63, 3.8) is 0 Å². The van der Waals surface area contributed by atoms with Crippen LogP contribution in [0.3, 0.4) is 0 Å². The number of hydrazone groups is 1. The van der Waals surface area contributed by atoms with Crippen LogP contribution in [-0.2, 0) is 4.79 Å². The van der Waals surface area contributed by atoms with Crippen molar-refractivity contribution in [2.24, 2.45) is 11.0 Å². The van der Waals surface area contributed by atoms with Gasteiger partial charge in [0, 0.05) is 34.6 Å². The average molecular weight is 333 g/mol. The number of amides is 1. The first kappa shape index (κ1) is 15.4. The lowest BCUT2D eigenvalue weighted by Gasteiger charge is -2.00. The first-order chi connectivity index (χ1) is 12.3. The van der Waals surface area contributed by atoms with Crippen LogP contribution in [0, 0.1) is 5.92 Å². The summed E-state index contributed by atoms with van der Waals surface area (Å²) in [5, 5.41) is 5.15. The van der Waals surface area contributed by atoms with E-state index in [9.17, 15) is 4.79 Å². The first-order valence-electron chi connectivity index (χ1n) is 8.29. The maximum absolute atomic E-state index is 12.2. The zero-order valence-corrected chi connectivity index (χ0v) is 13.9. The molecule has 0 bridgehead atoms. The summed E-state index contributed by atoms with van der Waals surface area (Å²) in [6.07, 6.45) is 4.42.